The van der Waals surface area contributed by atoms with Gasteiger partial charge < -0.3 is 11.1 Å². The van der Waals surface area contributed by atoms with E-state index in [1.807, 2.05) is 18.2 Å². The van der Waals surface area contributed by atoms with Crippen LogP contribution in [0.5, 0.6) is 0 Å². The smallest absolute Gasteiger partial charge is 0.220 e. The predicted molar refractivity (Wildman–Crippen MR) is 90.1 cm³/mol. The number of amides is 1. The van der Waals surface area contributed by atoms with E-state index in [2.05, 4.69) is 11.4 Å². The number of benzene rings is 1. The summed E-state index contributed by atoms with van der Waals surface area (Å²) in [4.78, 5) is 11.8. The van der Waals surface area contributed by atoms with E-state index in [0.717, 1.165) is 24.3 Å². The van der Waals surface area contributed by atoms with Crippen LogP contribution in [0.1, 0.15) is 44.1 Å². The normalized spacial score (nSPS) is 16.3. The summed E-state index contributed by atoms with van der Waals surface area (Å²) >= 11 is 6.12. The second-order valence-electron chi connectivity index (χ2n) is 5.67. The number of nitrogens with two attached hydrogens (primary N) is 1. The van der Waals surface area contributed by atoms with Gasteiger partial charge in [-0.1, -0.05) is 36.6 Å². The summed E-state index contributed by atoms with van der Waals surface area (Å²) in [5.74, 6) is 0.101. The molecular weight excluding hydrogens is 307 g/mol. The van der Waals surface area contributed by atoms with Crippen LogP contribution in [0.15, 0.2) is 24.3 Å². The van der Waals surface area contributed by atoms with Gasteiger partial charge in [-0.2, -0.15) is 0 Å². The van der Waals surface area contributed by atoms with Crippen LogP contribution in [0, 0.1) is 0 Å². The first-order chi connectivity index (χ1) is 9.66. The number of hydrogen-bond donors (Lipinski definition) is 2. The molecule has 3 nitrogen and oxygen atoms in total. The Balaban J connectivity index is 0.00000220. The molecule has 1 aromatic carbocycles. The molecule has 2 rings (SSSR count). The summed E-state index contributed by atoms with van der Waals surface area (Å²) < 4.78 is 0. The Kier molecular flexibility index (Phi) is 7.50. The van der Waals surface area contributed by atoms with Crippen molar-refractivity contribution in [2.75, 3.05) is 13.1 Å². The van der Waals surface area contributed by atoms with Gasteiger partial charge in [-0.25, -0.2) is 0 Å². The summed E-state index contributed by atoms with van der Waals surface area (Å²) in [6.45, 7) is 1.27. The zero-order valence-corrected chi connectivity index (χ0v) is 13.8. The van der Waals surface area contributed by atoms with Gasteiger partial charge in [-0.3, -0.25) is 4.79 Å². The van der Waals surface area contributed by atoms with Gasteiger partial charge in [0, 0.05) is 23.4 Å². The lowest BCUT2D eigenvalue weighted by molar-refractivity contribution is -0.121. The van der Waals surface area contributed by atoms with Crippen molar-refractivity contribution in [3.05, 3.63) is 34.9 Å². The van der Waals surface area contributed by atoms with Crippen molar-refractivity contribution in [2.24, 2.45) is 5.73 Å². The van der Waals surface area contributed by atoms with E-state index in [4.69, 9.17) is 17.3 Å². The Morgan fingerprint density at radius 1 is 1.33 bits per heavy atom. The summed E-state index contributed by atoms with van der Waals surface area (Å²) in [5, 5.41) is 3.85. The van der Waals surface area contributed by atoms with Gasteiger partial charge in [0.1, 0.15) is 0 Å². The fourth-order valence-electron chi connectivity index (χ4n) is 3.06. The molecule has 0 atom stereocenters. The molecule has 1 fully saturated rings. The second kappa shape index (κ2) is 8.62. The molecule has 5 heteroatoms. The van der Waals surface area contributed by atoms with Crippen molar-refractivity contribution >= 4 is 29.9 Å². The minimum atomic E-state index is 0. The van der Waals surface area contributed by atoms with Crippen LogP contribution in [0.3, 0.4) is 0 Å². The van der Waals surface area contributed by atoms with Gasteiger partial charge in [0.05, 0.1) is 0 Å². The third-order valence-electron chi connectivity index (χ3n) is 4.23. The summed E-state index contributed by atoms with van der Waals surface area (Å²) in [6, 6.07) is 8.06. The molecule has 0 aromatic heterocycles. The molecule has 0 spiro atoms. The van der Waals surface area contributed by atoms with Gasteiger partial charge in [0.25, 0.3) is 0 Å². The highest BCUT2D eigenvalue weighted by atomic mass is 35.5. The Morgan fingerprint density at radius 2 is 2.05 bits per heavy atom. The first kappa shape index (κ1) is 18.3. The molecule has 0 aliphatic heterocycles. The van der Waals surface area contributed by atoms with Crippen molar-refractivity contribution < 1.29 is 4.79 Å². The molecule has 21 heavy (non-hydrogen) atoms. The molecular formula is C16H24Cl2N2O. The number of halogens is 2. The largest absolute Gasteiger partial charge is 0.355 e. The number of hydrogen-bond acceptors (Lipinski definition) is 2. The van der Waals surface area contributed by atoms with Crippen LogP contribution in [0.4, 0.5) is 0 Å². The van der Waals surface area contributed by atoms with Crippen LogP contribution >= 0.6 is 24.0 Å². The molecule has 1 aromatic rings. The van der Waals surface area contributed by atoms with E-state index in [9.17, 15) is 4.79 Å². The van der Waals surface area contributed by atoms with Crippen molar-refractivity contribution in [3.8, 4) is 0 Å². The molecule has 0 saturated heterocycles. The standard InChI is InChI=1S/C16H23ClN2O.ClH/c17-14-6-3-5-13(11-14)16(8-1-2-9-16)12-19-15(20)7-4-10-18;/h3,5-6,11H,1-2,4,7-10,12,18H2,(H,19,20);1H. The average Bonchev–Trinajstić information content (AvgIpc) is 2.93. The Labute approximate surface area is 138 Å². The average molecular weight is 331 g/mol. The van der Waals surface area contributed by atoms with E-state index in [1.165, 1.54) is 18.4 Å². The molecule has 0 radical (unpaired) electrons. The number of rotatable bonds is 6. The van der Waals surface area contributed by atoms with Gasteiger partial charge in [0.2, 0.25) is 5.91 Å². The highest BCUT2D eigenvalue weighted by Gasteiger charge is 2.35. The van der Waals surface area contributed by atoms with E-state index < -0.39 is 0 Å². The first-order valence-corrected chi connectivity index (χ1v) is 7.77. The third-order valence-corrected chi connectivity index (χ3v) is 4.46. The Morgan fingerprint density at radius 3 is 2.67 bits per heavy atom. The lowest BCUT2D eigenvalue weighted by Gasteiger charge is -2.30. The maximum atomic E-state index is 11.8. The fourth-order valence-corrected chi connectivity index (χ4v) is 3.25. The molecule has 1 amide bonds. The van der Waals surface area contributed by atoms with Crippen LogP contribution in [0.25, 0.3) is 0 Å². The maximum absolute atomic E-state index is 11.8. The van der Waals surface area contributed by atoms with Gasteiger partial charge in [-0.15, -0.1) is 12.4 Å². The lowest BCUT2D eigenvalue weighted by Crippen LogP contribution is -2.39. The number of carbonyl (C=O) groups is 1. The maximum Gasteiger partial charge on any atom is 0.220 e. The van der Waals surface area contributed by atoms with Crippen molar-refractivity contribution in [3.63, 3.8) is 0 Å². The fraction of sp³-hybridized carbons (Fsp3) is 0.562. The SMILES string of the molecule is Cl.NCCCC(=O)NCC1(c2cccc(Cl)c2)CCCC1. The number of nitrogens with one attached hydrogen (secondary N) is 1. The van der Waals surface area contributed by atoms with E-state index in [-0.39, 0.29) is 23.7 Å². The van der Waals surface area contributed by atoms with E-state index in [1.54, 1.807) is 0 Å². The van der Waals surface area contributed by atoms with E-state index in [0.29, 0.717) is 19.5 Å². The topological polar surface area (TPSA) is 55.1 Å². The summed E-state index contributed by atoms with van der Waals surface area (Å²) in [5.41, 5.74) is 6.74. The zero-order valence-electron chi connectivity index (χ0n) is 12.2. The van der Waals surface area contributed by atoms with E-state index >= 15 is 0 Å². The summed E-state index contributed by atoms with van der Waals surface area (Å²) in [7, 11) is 0. The van der Waals surface area contributed by atoms with Gasteiger partial charge in [0.15, 0.2) is 0 Å². The molecule has 0 unspecified atom stereocenters. The number of carbonyl (C=O) groups excluding carboxylic acids is 1. The first-order valence-electron chi connectivity index (χ1n) is 7.39. The second-order valence-corrected chi connectivity index (χ2v) is 6.10. The molecule has 118 valence electrons. The molecule has 0 bridgehead atoms. The molecule has 1 saturated carbocycles. The minimum Gasteiger partial charge on any atom is -0.355 e. The van der Waals surface area contributed by atoms with Crippen LogP contribution in [0.2, 0.25) is 5.02 Å². The highest BCUT2D eigenvalue weighted by molar-refractivity contribution is 6.30. The zero-order chi connectivity index (χ0) is 14.4. The van der Waals surface area contributed by atoms with Gasteiger partial charge >= 0.3 is 0 Å². The highest BCUT2D eigenvalue weighted by Crippen LogP contribution is 2.41. The Bertz CT molecular complexity index is 459. The monoisotopic (exact) mass is 330 g/mol. The van der Waals surface area contributed by atoms with Gasteiger partial charge in [-0.05, 0) is 43.5 Å². The Hall–Kier alpha value is -0.770. The van der Waals surface area contributed by atoms with Crippen molar-refractivity contribution in [1.29, 1.82) is 0 Å². The van der Waals surface area contributed by atoms with Crippen LogP contribution in [-0.2, 0) is 10.2 Å². The molecule has 0 heterocycles. The third kappa shape index (κ3) is 4.87. The van der Waals surface area contributed by atoms with Crippen LogP contribution < -0.4 is 11.1 Å². The summed E-state index contributed by atoms with van der Waals surface area (Å²) in [6.07, 6.45) is 5.92. The van der Waals surface area contributed by atoms with Crippen molar-refractivity contribution in [1.82, 2.24) is 5.32 Å². The van der Waals surface area contributed by atoms with Crippen molar-refractivity contribution in [2.45, 2.75) is 43.9 Å². The lowest BCUT2D eigenvalue weighted by atomic mass is 9.79. The minimum absolute atomic E-state index is 0. The quantitative estimate of drug-likeness (QED) is 0.839. The molecule has 3 N–H and O–H groups in total. The molecule has 1 aliphatic carbocycles. The predicted octanol–water partition coefficient (Wildman–Crippen LogP) is 3.43. The van der Waals surface area contributed by atoms with Crippen LogP contribution in [-0.4, -0.2) is 19.0 Å². The molecule has 1 aliphatic rings.